The molecular weight excluding hydrogens is 314 g/mol. The first-order chi connectivity index (χ1) is 12.2. The van der Waals surface area contributed by atoms with Crippen molar-refractivity contribution in [2.75, 3.05) is 12.3 Å². The van der Waals surface area contributed by atoms with Crippen LogP contribution in [0.25, 0.3) is 11.0 Å². The van der Waals surface area contributed by atoms with Crippen LogP contribution >= 0.6 is 0 Å². The molecule has 0 bridgehead atoms. The van der Waals surface area contributed by atoms with Gasteiger partial charge in [-0.3, -0.25) is 5.73 Å². The van der Waals surface area contributed by atoms with Crippen LogP contribution in [0, 0.1) is 0 Å². The summed E-state index contributed by atoms with van der Waals surface area (Å²) in [5, 5.41) is 10.4. The van der Waals surface area contributed by atoms with E-state index in [2.05, 4.69) is 17.6 Å². The Kier molecular flexibility index (Phi) is 5.56. The second-order valence-electron chi connectivity index (χ2n) is 6.24. The first-order valence-corrected chi connectivity index (χ1v) is 8.83. The van der Waals surface area contributed by atoms with E-state index in [-0.39, 0.29) is 6.61 Å². The topological polar surface area (TPSA) is 64.3 Å². The maximum atomic E-state index is 10.4. The summed E-state index contributed by atoms with van der Waals surface area (Å²) in [6, 6.07) is 17.6. The lowest BCUT2D eigenvalue weighted by Gasteiger charge is -2.12. The average molecular weight is 340 g/mol. The summed E-state index contributed by atoms with van der Waals surface area (Å²) in [4.78, 5) is 0. The Balaban J connectivity index is 1.77. The number of para-hydroxylation sites is 3. The number of anilines is 1. The van der Waals surface area contributed by atoms with Gasteiger partial charge in [-0.1, -0.05) is 43.7 Å². The van der Waals surface area contributed by atoms with Crippen molar-refractivity contribution in [1.82, 2.24) is 4.57 Å². The molecule has 0 amide bonds. The van der Waals surface area contributed by atoms with Crippen molar-refractivity contribution in [2.45, 2.75) is 39.0 Å². The number of nitrogens with two attached hydrogens (primary N) is 1. The smallest absolute Gasteiger partial charge is 0.356 e. The Morgan fingerprint density at radius 2 is 1.84 bits per heavy atom. The van der Waals surface area contributed by atoms with Crippen LogP contribution in [-0.2, 0) is 13.1 Å². The zero-order valence-corrected chi connectivity index (χ0v) is 14.6. The highest BCUT2D eigenvalue weighted by Crippen LogP contribution is 2.17. The molecule has 0 saturated heterocycles. The van der Waals surface area contributed by atoms with Crippen molar-refractivity contribution >= 4 is 17.0 Å². The lowest BCUT2D eigenvalue weighted by atomic mass is 10.3. The third kappa shape index (κ3) is 3.94. The van der Waals surface area contributed by atoms with Crippen molar-refractivity contribution < 1.29 is 14.4 Å². The number of imidazole rings is 1. The van der Waals surface area contributed by atoms with Gasteiger partial charge in [0.15, 0.2) is 0 Å². The minimum atomic E-state index is -0.641. The van der Waals surface area contributed by atoms with E-state index in [0.717, 1.165) is 36.2 Å². The minimum absolute atomic E-state index is 0.227. The van der Waals surface area contributed by atoms with E-state index in [1.54, 1.807) is 0 Å². The summed E-state index contributed by atoms with van der Waals surface area (Å²) >= 11 is 0. The summed E-state index contributed by atoms with van der Waals surface area (Å²) in [6.07, 6.45) is 1.54. The van der Waals surface area contributed by atoms with E-state index in [1.807, 2.05) is 53.1 Å². The van der Waals surface area contributed by atoms with Crippen LogP contribution in [0.4, 0.5) is 5.95 Å². The fourth-order valence-electron chi connectivity index (χ4n) is 3.03. The van der Waals surface area contributed by atoms with Gasteiger partial charge in [-0.15, -0.1) is 0 Å². The van der Waals surface area contributed by atoms with Crippen LogP contribution in [0.1, 0.15) is 19.8 Å². The molecule has 5 nitrogen and oxygen atoms in total. The van der Waals surface area contributed by atoms with E-state index in [4.69, 9.17) is 10.5 Å². The van der Waals surface area contributed by atoms with Gasteiger partial charge in [0.2, 0.25) is 0 Å². The summed E-state index contributed by atoms with van der Waals surface area (Å²) in [6.45, 7) is 3.68. The van der Waals surface area contributed by atoms with Crippen LogP contribution in [0.2, 0.25) is 0 Å². The highest BCUT2D eigenvalue weighted by atomic mass is 16.5. The molecule has 0 fully saturated rings. The summed E-state index contributed by atoms with van der Waals surface area (Å²) in [5.74, 6) is 1.43. The van der Waals surface area contributed by atoms with Gasteiger partial charge in [0.1, 0.15) is 36.0 Å². The van der Waals surface area contributed by atoms with Gasteiger partial charge in [-0.25, -0.2) is 9.13 Å². The monoisotopic (exact) mass is 340 g/mol. The summed E-state index contributed by atoms with van der Waals surface area (Å²) in [5.41, 5.74) is 8.52. The average Bonchev–Trinajstić information content (AvgIpc) is 2.91. The number of aliphatic hydroxyl groups is 1. The molecule has 25 heavy (non-hydrogen) atoms. The van der Waals surface area contributed by atoms with Crippen molar-refractivity contribution in [2.24, 2.45) is 0 Å². The standard InChI is InChI=1S/C20H25N3O2/c1-2-3-13-22-18-11-7-8-12-19(18)23(20(22)21)14-16(24)15-25-17-9-5-4-6-10-17/h4-12,16,21,24H,2-3,13-15H2,1H3/p+1. The molecule has 0 aliphatic rings. The normalized spacial score (nSPS) is 12.4. The Labute approximate surface area is 148 Å². The number of nitrogens with zero attached hydrogens (tertiary/aromatic N) is 2. The molecular formula is C20H26N3O2+. The second kappa shape index (κ2) is 8.03. The van der Waals surface area contributed by atoms with Crippen LogP contribution in [0.5, 0.6) is 5.75 Å². The number of hydrogen-bond donors (Lipinski definition) is 2. The van der Waals surface area contributed by atoms with Gasteiger partial charge in [-0.05, 0) is 30.7 Å². The maximum absolute atomic E-state index is 10.4. The van der Waals surface area contributed by atoms with Crippen LogP contribution in [-0.4, -0.2) is 22.4 Å². The number of aliphatic hydroxyl groups excluding tert-OH is 1. The van der Waals surface area contributed by atoms with E-state index < -0.39 is 6.10 Å². The molecule has 1 unspecified atom stereocenters. The molecule has 1 aromatic heterocycles. The Morgan fingerprint density at radius 1 is 1.12 bits per heavy atom. The van der Waals surface area contributed by atoms with Crippen molar-refractivity contribution in [1.29, 1.82) is 0 Å². The van der Waals surface area contributed by atoms with Gasteiger partial charge >= 0.3 is 5.95 Å². The van der Waals surface area contributed by atoms with Gasteiger partial charge in [0.25, 0.3) is 0 Å². The molecule has 132 valence electrons. The zero-order valence-electron chi connectivity index (χ0n) is 14.6. The number of rotatable bonds is 8. The Hall–Kier alpha value is -2.53. The summed E-state index contributed by atoms with van der Waals surface area (Å²) < 4.78 is 9.76. The molecule has 1 heterocycles. The van der Waals surface area contributed by atoms with Gasteiger partial charge in [0, 0.05) is 0 Å². The van der Waals surface area contributed by atoms with Gasteiger partial charge in [-0.2, -0.15) is 0 Å². The molecule has 3 N–H and O–H groups in total. The molecule has 0 aliphatic heterocycles. The number of nitrogen functional groups attached to an aromatic ring is 1. The molecule has 2 aromatic carbocycles. The number of aromatic nitrogens is 2. The number of ether oxygens (including phenoxy) is 1. The zero-order chi connectivity index (χ0) is 17.6. The predicted molar refractivity (Wildman–Crippen MR) is 99.4 cm³/mol. The van der Waals surface area contributed by atoms with Crippen LogP contribution in [0.3, 0.4) is 0 Å². The summed E-state index contributed by atoms with van der Waals surface area (Å²) in [7, 11) is 0. The Morgan fingerprint density at radius 3 is 2.60 bits per heavy atom. The third-order valence-electron chi connectivity index (χ3n) is 4.33. The number of hydrogen-bond acceptors (Lipinski definition) is 3. The molecule has 0 spiro atoms. The van der Waals surface area contributed by atoms with E-state index in [1.165, 1.54) is 0 Å². The molecule has 1 atom stereocenters. The number of aryl methyl sites for hydroxylation is 1. The predicted octanol–water partition coefficient (Wildman–Crippen LogP) is 2.75. The second-order valence-corrected chi connectivity index (χ2v) is 6.24. The fourth-order valence-corrected chi connectivity index (χ4v) is 3.03. The van der Waals surface area contributed by atoms with Gasteiger partial charge in [0.05, 0.1) is 6.54 Å². The van der Waals surface area contributed by atoms with E-state index in [0.29, 0.717) is 12.5 Å². The van der Waals surface area contributed by atoms with E-state index >= 15 is 0 Å². The number of fused-ring (bicyclic) bond motifs is 1. The number of unbranched alkanes of at least 4 members (excludes halogenated alkanes) is 1. The maximum Gasteiger partial charge on any atom is 0.356 e. The molecule has 3 rings (SSSR count). The number of benzene rings is 2. The van der Waals surface area contributed by atoms with Crippen LogP contribution in [0.15, 0.2) is 54.6 Å². The van der Waals surface area contributed by atoms with E-state index in [9.17, 15) is 5.11 Å². The van der Waals surface area contributed by atoms with Gasteiger partial charge < -0.3 is 9.84 Å². The van der Waals surface area contributed by atoms with Crippen molar-refractivity contribution in [3.8, 4) is 5.75 Å². The lowest BCUT2D eigenvalue weighted by Crippen LogP contribution is -2.43. The first kappa shape index (κ1) is 17.3. The molecule has 5 heteroatoms. The van der Waals surface area contributed by atoms with Crippen LogP contribution < -0.4 is 15.0 Å². The third-order valence-corrected chi connectivity index (χ3v) is 4.33. The molecule has 0 saturated carbocycles. The van der Waals surface area contributed by atoms with Crippen molar-refractivity contribution in [3.63, 3.8) is 0 Å². The quantitative estimate of drug-likeness (QED) is 0.620. The SMILES string of the molecule is CCCCn1c(N)[n+](CC(O)COc2ccccc2)c2ccccc21. The minimum Gasteiger partial charge on any atom is -0.491 e. The Bertz CT molecular complexity index is 814. The largest absolute Gasteiger partial charge is 0.491 e. The molecule has 0 radical (unpaired) electrons. The molecule has 3 aromatic rings. The highest BCUT2D eigenvalue weighted by molar-refractivity contribution is 5.73. The molecule has 0 aliphatic carbocycles. The highest BCUT2D eigenvalue weighted by Gasteiger charge is 2.22. The lowest BCUT2D eigenvalue weighted by molar-refractivity contribution is -0.665. The fraction of sp³-hybridized carbons (Fsp3) is 0.350. The van der Waals surface area contributed by atoms with Crippen molar-refractivity contribution in [3.05, 3.63) is 54.6 Å². The first-order valence-electron chi connectivity index (χ1n) is 8.83.